The van der Waals surface area contributed by atoms with Crippen LogP contribution >= 0.6 is 0 Å². The van der Waals surface area contributed by atoms with Gasteiger partial charge in [0.25, 0.3) is 0 Å². The van der Waals surface area contributed by atoms with Gasteiger partial charge in [0.05, 0.1) is 12.7 Å². The van der Waals surface area contributed by atoms with Gasteiger partial charge in [-0.25, -0.2) is 4.39 Å². The number of nitrogens with zero attached hydrogens (tertiary/aromatic N) is 3. The number of rotatable bonds is 4. The van der Waals surface area contributed by atoms with E-state index in [1.54, 1.807) is 12.1 Å². The number of piperazine rings is 1. The second kappa shape index (κ2) is 6.62. The van der Waals surface area contributed by atoms with E-state index >= 15 is 0 Å². The van der Waals surface area contributed by atoms with Crippen LogP contribution in [0.4, 0.5) is 4.39 Å². The van der Waals surface area contributed by atoms with Gasteiger partial charge in [-0.3, -0.25) is 9.80 Å². The fourth-order valence-electron chi connectivity index (χ4n) is 2.40. The van der Waals surface area contributed by atoms with E-state index in [1.807, 2.05) is 0 Å². The lowest BCUT2D eigenvalue weighted by molar-refractivity contribution is 0.0982. The fourth-order valence-corrected chi connectivity index (χ4v) is 2.40. The van der Waals surface area contributed by atoms with E-state index in [1.165, 1.54) is 12.1 Å². The SMILES string of the molecule is N#CC(c1ccc(F)cc1)N1CCN(CCO)CC1. The molecule has 0 spiro atoms. The van der Waals surface area contributed by atoms with Gasteiger partial charge in [0.1, 0.15) is 11.9 Å². The highest BCUT2D eigenvalue weighted by Crippen LogP contribution is 2.21. The summed E-state index contributed by atoms with van der Waals surface area (Å²) in [5.74, 6) is -0.284. The molecule has 1 aromatic rings. The molecule has 1 N–H and O–H groups in total. The second-order valence-corrected chi connectivity index (χ2v) is 4.68. The molecule has 0 bridgehead atoms. The predicted octanol–water partition coefficient (Wildman–Crippen LogP) is 1.00. The number of hydrogen-bond acceptors (Lipinski definition) is 4. The molecule has 0 amide bonds. The van der Waals surface area contributed by atoms with Gasteiger partial charge in [0, 0.05) is 32.7 Å². The molecule has 2 rings (SSSR count). The van der Waals surface area contributed by atoms with Crippen molar-refractivity contribution in [3.8, 4) is 6.07 Å². The normalized spacial score (nSPS) is 19.0. The third-order valence-corrected chi connectivity index (χ3v) is 3.50. The summed E-state index contributed by atoms with van der Waals surface area (Å²) < 4.78 is 12.9. The quantitative estimate of drug-likeness (QED) is 0.880. The van der Waals surface area contributed by atoms with Crippen molar-refractivity contribution in [2.75, 3.05) is 39.3 Å². The van der Waals surface area contributed by atoms with Crippen molar-refractivity contribution in [3.63, 3.8) is 0 Å². The molecule has 1 aliphatic rings. The molecular weight excluding hydrogens is 245 g/mol. The minimum absolute atomic E-state index is 0.166. The molecule has 1 heterocycles. The van der Waals surface area contributed by atoms with Crippen LogP contribution < -0.4 is 0 Å². The van der Waals surface area contributed by atoms with Crippen LogP contribution in [0, 0.1) is 17.1 Å². The van der Waals surface area contributed by atoms with Gasteiger partial charge in [-0.1, -0.05) is 12.1 Å². The van der Waals surface area contributed by atoms with Crippen molar-refractivity contribution in [1.29, 1.82) is 5.26 Å². The van der Waals surface area contributed by atoms with Crippen molar-refractivity contribution in [2.24, 2.45) is 0 Å². The number of aliphatic hydroxyl groups excluding tert-OH is 1. The standard InChI is InChI=1S/C14H18FN3O/c15-13-3-1-12(2-4-13)14(11-16)18-7-5-17(6-8-18)9-10-19/h1-4,14,19H,5-10H2. The molecule has 0 saturated carbocycles. The summed E-state index contributed by atoms with van der Waals surface area (Å²) in [7, 11) is 0. The fraction of sp³-hybridized carbons (Fsp3) is 0.500. The highest BCUT2D eigenvalue weighted by molar-refractivity contribution is 5.24. The van der Waals surface area contributed by atoms with Crippen molar-refractivity contribution in [3.05, 3.63) is 35.6 Å². The minimum Gasteiger partial charge on any atom is -0.395 e. The van der Waals surface area contributed by atoms with Crippen molar-refractivity contribution in [2.45, 2.75) is 6.04 Å². The Balaban J connectivity index is 2.00. The van der Waals surface area contributed by atoms with E-state index in [0.717, 1.165) is 31.7 Å². The monoisotopic (exact) mass is 263 g/mol. The first-order valence-electron chi connectivity index (χ1n) is 6.47. The third kappa shape index (κ3) is 3.51. The Labute approximate surface area is 112 Å². The maximum Gasteiger partial charge on any atom is 0.123 e. The average Bonchev–Trinajstić information content (AvgIpc) is 2.44. The van der Waals surface area contributed by atoms with Crippen molar-refractivity contribution in [1.82, 2.24) is 9.80 Å². The Morgan fingerprint density at radius 1 is 1.21 bits per heavy atom. The smallest absolute Gasteiger partial charge is 0.123 e. The number of aliphatic hydroxyl groups is 1. The van der Waals surface area contributed by atoms with Gasteiger partial charge in [0.2, 0.25) is 0 Å². The number of β-amino-alcohol motifs (C(OH)–C–C–N with tert-alkyl or cyclic N) is 1. The molecule has 1 aromatic carbocycles. The van der Waals surface area contributed by atoms with Gasteiger partial charge >= 0.3 is 0 Å². The summed E-state index contributed by atoms with van der Waals surface area (Å²) in [4.78, 5) is 4.27. The highest BCUT2D eigenvalue weighted by atomic mass is 19.1. The Kier molecular flexibility index (Phi) is 4.86. The second-order valence-electron chi connectivity index (χ2n) is 4.68. The lowest BCUT2D eigenvalue weighted by Crippen LogP contribution is -2.48. The summed E-state index contributed by atoms with van der Waals surface area (Å²) in [6.07, 6.45) is 0. The van der Waals surface area contributed by atoms with E-state index in [-0.39, 0.29) is 18.5 Å². The van der Waals surface area contributed by atoms with Crippen molar-refractivity contribution >= 4 is 0 Å². The molecule has 19 heavy (non-hydrogen) atoms. The molecular formula is C14H18FN3O. The summed E-state index contributed by atoms with van der Waals surface area (Å²) in [5.41, 5.74) is 0.833. The zero-order chi connectivity index (χ0) is 13.7. The molecule has 5 heteroatoms. The predicted molar refractivity (Wildman–Crippen MR) is 69.9 cm³/mol. The summed E-state index contributed by atoms with van der Waals surface area (Å²) in [6.45, 7) is 4.12. The topological polar surface area (TPSA) is 50.5 Å². The van der Waals surface area contributed by atoms with Crippen LogP contribution in [-0.2, 0) is 0 Å². The van der Waals surface area contributed by atoms with E-state index in [4.69, 9.17) is 5.11 Å². The van der Waals surface area contributed by atoms with E-state index in [9.17, 15) is 9.65 Å². The summed E-state index contributed by atoms with van der Waals surface area (Å²) in [5, 5.41) is 18.2. The zero-order valence-electron chi connectivity index (χ0n) is 10.8. The Bertz CT molecular complexity index is 435. The molecule has 1 atom stereocenters. The van der Waals surface area contributed by atoms with Crippen LogP contribution in [-0.4, -0.2) is 54.2 Å². The number of hydrogen-bond donors (Lipinski definition) is 1. The zero-order valence-corrected chi connectivity index (χ0v) is 10.8. The highest BCUT2D eigenvalue weighted by Gasteiger charge is 2.24. The maximum absolute atomic E-state index is 12.9. The van der Waals surface area contributed by atoms with E-state index in [2.05, 4.69) is 15.9 Å². The Morgan fingerprint density at radius 2 is 1.84 bits per heavy atom. The Morgan fingerprint density at radius 3 is 2.37 bits per heavy atom. The van der Waals surface area contributed by atoms with Crippen molar-refractivity contribution < 1.29 is 9.50 Å². The van der Waals surface area contributed by atoms with Crippen LogP contribution in [0.3, 0.4) is 0 Å². The van der Waals surface area contributed by atoms with Crippen LogP contribution in [0.5, 0.6) is 0 Å². The van der Waals surface area contributed by atoms with Crippen LogP contribution in [0.15, 0.2) is 24.3 Å². The first kappa shape index (κ1) is 13.9. The number of halogens is 1. The molecule has 1 fully saturated rings. The molecule has 0 aromatic heterocycles. The molecule has 102 valence electrons. The molecule has 1 saturated heterocycles. The van der Waals surface area contributed by atoms with E-state index in [0.29, 0.717) is 6.54 Å². The first-order valence-corrected chi connectivity index (χ1v) is 6.47. The lowest BCUT2D eigenvalue weighted by atomic mass is 10.1. The molecule has 0 aliphatic carbocycles. The minimum atomic E-state index is -0.322. The number of benzene rings is 1. The number of nitriles is 1. The molecule has 4 nitrogen and oxygen atoms in total. The average molecular weight is 263 g/mol. The third-order valence-electron chi connectivity index (χ3n) is 3.50. The summed E-state index contributed by atoms with van der Waals surface area (Å²) in [6, 6.07) is 8.09. The molecule has 1 aliphatic heterocycles. The lowest BCUT2D eigenvalue weighted by Gasteiger charge is -2.36. The van der Waals surface area contributed by atoms with Crippen LogP contribution in [0.2, 0.25) is 0 Å². The van der Waals surface area contributed by atoms with Gasteiger partial charge < -0.3 is 5.11 Å². The van der Waals surface area contributed by atoms with Crippen LogP contribution in [0.1, 0.15) is 11.6 Å². The largest absolute Gasteiger partial charge is 0.395 e. The Hall–Kier alpha value is -1.48. The van der Waals surface area contributed by atoms with Gasteiger partial charge in [-0.05, 0) is 17.7 Å². The summed E-state index contributed by atoms with van der Waals surface area (Å²) >= 11 is 0. The van der Waals surface area contributed by atoms with E-state index < -0.39 is 0 Å². The van der Waals surface area contributed by atoms with Gasteiger partial charge in [-0.15, -0.1) is 0 Å². The van der Waals surface area contributed by atoms with Crippen LogP contribution in [0.25, 0.3) is 0 Å². The maximum atomic E-state index is 12.9. The molecule has 1 unspecified atom stereocenters. The van der Waals surface area contributed by atoms with Gasteiger partial charge in [-0.2, -0.15) is 5.26 Å². The first-order chi connectivity index (χ1) is 9.24. The van der Waals surface area contributed by atoms with Gasteiger partial charge in [0.15, 0.2) is 0 Å². The molecule has 0 radical (unpaired) electrons.